The first-order valence-electron chi connectivity index (χ1n) is 20.5. The van der Waals surface area contributed by atoms with Gasteiger partial charge in [0.2, 0.25) is 11.8 Å². The first-order valence-corrected chi connectivity index (χ1v) is 20.5. The Labute approximate surface area is 326 Å². The van der Waals surface area contributed by atoms with Gasteiger partial charge < -0.3 is 19.6 Å². The number of phenolic OH excluding ortho intramolecular Hbond substituents is 1. The normalized spacial score (nSPS) is 25.4. The van der Waals surface area contributed by atoms with Crippen LogP contribution in [0.15, 0.2) is 54.6 Å². The highest BCUT2D eigenvalue weighted by atomic mass is 19.1. The number of imide groups is 2. The smallest absolute Gasteiger partial charge is 0.262 e. The van der Waals surface area contributed by atoms with Gasteiger partial charge in [-0.25, -0.2) is 4.39 Å². The molecule has 3 atom stereocenters. The maximum Gasteiger partial charge on any atom is 0.262 e. The van der Waals surface area contributed by atoms with E-state index in [1.54, 1.807) is 24.3 Å². The van der Waals surface area contributed by atoms with Crippen LogP contribution in [0, 0.1) is 23.6 Å². The number of nitrogens with zero attached hydrogens (tertiary/aromatic N) is 4. The van der Waals surface area contributed by atoms with Crippen LogP contribution in [0.25, 0.3) is 0 Å². The van der Waals surface area contributed by atoms with Crippen molar-refractivity contribution in [1.29, 1.82) is 0 Å². The van der Waals surface area contributed by atoms with Gasteiger partial charge in [-0.3, -0.25) is 34.3 Å². The molecule has 11 nitrogen and oxygen atoms in total. The summed E-state index contributed by atoms with van der Waals surface area (Å²) < 4.78 is 21.8. The van der Waals surface area contributed by atoms with Crippen molar-refractivity contribution in [3.63, 3.8) is 0 Å². The average molecular weight is 764 g/mol. The molecule has 4 amide bonds. The van der Waals surface area contributed by atoms with Crippen LogP contribution < -0.4 is 15.1 Å². The number of piperidine rings is 2. The van der Waals surface area contributed by atoms with Crippen LogP contribution in [0.2, 0.25) is 0 Å². The highest BCUT2D eigenvalue weighted by molar-refractivity contribution is 6.23. The number of hydrogen-bond acceptors (Lipinski definition) is 9. The molecule has 56 heavy (non-hydrogen) atoms. The monoisotopic (exact) mass is 763 g/mol. The molecule has 4 saturated heterocycles. The average Bonchev–Trinajstić information content (AvgIpc) is 3.46. The number of rotatable bonds is 7. The largest absolute Gasteiger partial charge is 0.508 e. The zero-order valence-corrected chi connectivity index (χ0v) is 31.8. The zero-order valence-electron chi connectivity index (χ0n) is 31.8. The summed E-state index contributed by atoms with van der Waals surface area (Å²) in [5.74, 6) is -0.270. The fraction of sp³-hybridized carbons (Fsp3) is 0.500. The predicted octanol–water partition coefficient (Wildman–Crippen LogP) is 5.09. The zero-order chi connectivity index (χ0) is 38.5. The highest BCUT2D eigenvalue weighted by Gasteiger charge is 2.45. The molecule has 2 N–H and O–H groups in total. The number of aromatic hydroxyl groups is 1. The second-order valence-electron chi connectivity index (χ2n) is 16.6. The maximum atomic E-state index is 16.1. The lowest BCUT2D eigenvalue weighted by molar-refractivity contribution is -0.136. The van der Waals surface area contributed by atoms with Crippen LogP contribution in [0.3, 0.4) is 0 Å². The van der Waals surface area contributed by atoms with Gasteiger partial charge in [-0.15, -0.1) is 0 Å². The number of aryl methyl sites for hydroxylation is 1. The van der Waals surface area contributed by atoms with E-state index in [1.165, 1.54) is 11.1 Å². The molecule has 3 unspecified atom stereocenters. The summed E-state index contributed by atoms with van der Waals surface area (Å²) >= 11 is 0. The molecule has 5 heterocycles. The Morgan fingerprint density at radius 3 is 2.27 bits per heavy atom. The molecular formula is C44H50FN5O6. The minimum absolute atomic E-state index is 0.0907. The number of halogens is 1. The van der Waals surface area contributed by atoms with Crippen molar-refractivity contribution >= 4 is 35.0 Å². The van der Waals surface area contributed by atoms with E-state index < -0.39 is 29.7 Å². The molecule has 0 radical (unpaired) electrons. The number of nitrogens with one attached hydrogen (secondary N) is 1. The van der Waals surface area contributed by atoms with Crippen molar-refractivity contribution in [2.24, 2.45) is 17.8 Å². The molecule has 0 spiro atoms. The number of carbonyl (C=O) groups excluding carboxylic acids is 4. The molecule has 6 aliphatic rings. The van der Waals surface area contributed by atoms with Crippen LogP contribution in [-0.4, -0.2) is 104 Å². The minimum atomic E-state index is -0.976. The molecule has 4 fully saturated rings. The molecule has 3 aromatic rings. The third kappa shape index (κ3) is 6.95. The van der Waals surface area contributed by atoms with Gasteiger partial charge in [-0.2, -0.15) is 0 Å². The van der Waals surface area contributed by atoms with E-state index in [4.69, 9.17) is 4.74 Å². The summed E-state index contributed by atoms with van der Waals surface area (Å²) in [6.07, 6.45) is 6.25. The highest BCUT2D eigenvalue weighted by Crippen LogP contribution is 2.48. The first kappa shape index (κ1) is 36.8. The fourth-order valence-corrected chi connectivity index (χ4v) is 10.4. The molecule has 3 aromatic carbocycles. The van der Waals surface area contributed by atoms with Crippen molar-refractivity contribution in [2.75, 3.05) is 68.8 Å². The number of benzene rings is 3. The molecule has 12 heteroatoms. The topological polar surface area (TPSA) is 123 Å². The summed E-state index contributed by atoms with van der Waals surface area (Å²) in [5, 5.41) is 12.5. The minimum Gasteiger partial charge on any atom is -0.508 e. The quantitative estimate of drug-likeness (QED) is 0.317. The van der Waals surface area contributed by atoms with Gasteiger partial charge >= 0.3 is 0 Å². The molecule has 9 rings (SSSR count). The van der Waals surface area contributed by atoms with E-state index in [2.05, 4.69) is 32.1 Å². The van der Waals surface area contributed by atoms with Crippen LogP contribution in [0.1, 0.15) is 88.3 Å². The SMILES string of the molecule is O=C1CCC(N2C(=O)c3ccc(N4CCN(CC5CCN(c6ccc(C7c8ccc(O)cc8CCC7C7CCOCC7)cc6F)CC5)CC4)cc3C2=O)C(=O)N1. The van der Waals surface area contributed by atoms with E-state index in [0.717, 1.165) is 114 Å². The molecular weight excluding hydrogens is 714 g/mol. The predicted molar refractivity (Wildman–Crippen MR) is 208 cm³/mol. The van der Waals surface area contributed by atoms with Crippen LogP contribution in [-0.2, 0) is 20.7 Å². The second kappa shape index (κ2) is 15.3. The van der Waals surface area contributed by atoms with Gasteiger partial charge in [0.05, 0.1) is 16.8 Å². The number of piperazine rings is 1. The van der Waals surface area contributed by atoms with E-state index >= 15 is 4.39 Å². The molecule has 5 aliphatic heterocycles. The van der Waals surface area contributed by atoms with Crippen LogP contribution >= 0.6 is 0 Å². The maximum absolute atomic E-state index is 16.1. The molecule has 1 aliphatic carbocycles. The second-order valence-corrected chi connectivity index (χ2v) is 16.6. The van der Waals surface area contributed by atoms with Crippen molar-refractivity contribution < 1.29 is 33.4 Å². The standard InChI is InChI=1S/C44H50FN5O6/c45-37-24-30(41-33(28-13-21-56-22-14-28)5-1-29-23-32(51)4-7-34(29)41)2-8-38(37)49-15-11-27(12-16-49)26-47-17-19-48(20-18-47)31-3-6-35-36(25-31)44(55)50(43(35)54)39-9-10-40(52)46-42(39)53/h2-4,6-8,23-25,27-28,33,39,41,51H,1,5,9-22,26H2,(H,46,52,53). The van der Waals surface area contributed by atoms with E-state index in [-0.39, 0.29) is 30.3 Å². The number of anilines is 2. The number of fused-ring (bicyclic) bond motifs is 2. The Morgan fingerprint density at radius 1 is 0.750 bits per heavy atom. The van der Waals surface area contributed by atoms with Gasteiger partial charge in [0.15, 0.2) is 0 Å². The lowest BCUT2D eigenvalue weighted by atomic mass is 9.65. The Kier molecular flexibility index (Phi) is 10.0. The van der Waals surface area contributed by atoms with Crippen molar-refractivity contribution in [1.82, 2.24) is 15.1 Å². The van der Waals surface area contributed by atoms with Gasteiger partial charge in [0.25, 0.3) is 11.8 Å². The number of ether oxygens (including phenoxy) is 1. The summed E-state index contributed by atoms with van der Waals surface area (Å²) in [6, 6.07) is 16.0. The Balaban J connectivity index is 0.795. The molecule has 294 valence electrons. The Hall–Kier alpha value is -4.81. The van der Waals surface area contributed by atoms with Gasteiger partial charge in [0, 0.05) is 77.1 Å². The summed E-state index contributed by atoms with van der Waals surface area (Å²) in [6.45, 7) is 7.52. The third-order valence-corrected chi connectivity index (χ3v) is 13.5. The number of phenols is 1. The summed E-state index contributed by atoms with van der Waals surface area (Å²) in [4.78, 5) is 58.5. The Morgan fingerprint density at radius 2 is 1.52 bits per heavy atom. The van der Waals surface area contributed by atoms with Gasteiger partial charge in [-0.05, 0) is 122 Å². The number of hydrogen-bond donors (Lipinski definition) is 2. The van der Waals surface area contributed by atoms with E-state index in [9.17, 15) is 24.3 Å². The lowest BCUT2D eigenvalue weighted by Gasteiger charge is -2.41. The van der Waals surface area contributed by atoms with Crippen molar-refractivity contribution in [2.45, 2.75) is 63.3 Å². The van der Waals surface area contributed by atoms with E-state index in [0.29, 0.717) is 34.6 Å². The van der Waals surface area contributed by atoms with E-state index in [1.807, 2.05) is 18.2 Å². The number of amides is 4. The van der Waals surface area contributed by atoms with Gasteiger partial charge in [0.1, 0.15) is 17.6 Å². The fourth-order valence-electron chi connectivity index (χ4n) is 10.4. The lowest BCUT2D eigenvalue weighted by Crippen LogP contribution is -2.54. The molecule has 0 saturated carbocycles. The van der Waals surface area contributed by atoms with Crippen molar-refractivity contribution in [3.8, 4) is 5.75 Å². The van der Waals surface area contributed by atoms with Crippen LogP contribution in [0.5, 0.6) is 5.75 Å². The van der Waals surface area contributed by atoms with Crippen molar-refractivity contribution in [3.05, 3.63) is 88.2 Å². The summed E-state index contributed by atoms with van der Waals surface area (Å²) in [7, 11) is 0. The summed E-state index contributed by atoms with van der Waals surface area (Å²) in [5.41, 5.74) is 5.57. The molecule has 0 bridgehead atoms. The first-order chi connectivity index (χ1) is 27.2. The van der Waals surface area contributed by atoms with Crippen LogP contribution in [0.4, 0.5) is 15.8 Å². The Bertz CT molecular complexity index is 2040. The van der Waals surface area contributed by atoms with Gasteiger partial charge in [-0.1, -0.05) is 12.1 Å². The molecule has 0 aromatic heterocycles. The third-order valence-electron chi connectivity index (χ3n) is 13.5. The number of carbonyl (C=O) groups is 4.